The Kier molecular flexibility index (Phi) is 3.84. The highest BCUT2D eigenvalue weighted by molar-refractivity contribution is 5.94. The molecular formula is C19H16FN3O3. The smallest absolute Gasteiger partial charge is 0.226 e. The van der Waals surface area contributed by atoms with Crippen LogP contribution in [0.2, 0.25) is 0 Å². The van der Waals surface area contributed by atoms with Crippen molar-refractivity contribution in [3.63, 3.8) is 0 Å². The summed E-state index contributed by atoms with van der Waals surface area (Å²) in [5, 5.41) is 12.6. The second-order valence-corrected chi connectivity index (χ2v) is 6.04. The number of carbonyl (C=O) groups excluding carboxylic acids is 1. The lowest BCUT2D eigenvalue weighted by Crippen LogP contribution is -2.25. The molecule has 1 amide bonds. The fraction of sp³-hybridized carbons (Fsp3) is 0.158. The molecule has 0 unspecified atom stereocenters. The van der Waals surface area contributed by atoms with Crippen LogP contribution >= 0.6 is 0 Å². The van der Waals surface area contributed by atoms with E-state index in [1.165, 1.54) is 30.1 Å². The van der Waals surface area contributed by atoms with Crippen LogP contribution in [-0.4, -0.2) is 27.7 Å². The summed E-state index contributed by atoms with van der Waals surface area (Å²) in [4.78, 5) is 16.7. The van der Waals surface area contributed by atoms with Gasteiger partial charge in [-0.25, -0.2) is 9.37 Å². The van der Waals surface area contributed by atoms with Gasteiger partial charge in [-0.3, -0.25) is 9.36 Å². The number of benzene rings is 2. The van der Waals surface area contributed by atoms with Gasteiger partial charge < -0.3 is 15.2 Å². The summed E-state index contributed by atoms with van der Waals surface area (Å²) in [6.45, 7) is 0. The summed E-state index contributed by atoms with van der Waals surface area (Å²) in [6, 6.07) is 11.2. The van der Waals surface area contributed by atoms with Gasteiger partial charge >= 0.3 is 0 Å². The Morgan fingerprint density at radius 3 is 2.88 bits per heavy atom. The van der Waals surface area contributed by atoms with Crippen LogP contribution in [-0.2, 0) is 4.79 Å². The van der Waals surface area contributed by atoms with Gasteiger partial charge in [-0.2, -0.15) is 0 Å². The number of methoxy groups -OCH3 is 1. The van der Waals surface area contributed by atoms with E-state index in [0.717, 1.165) is 5.56 Å². The minimum atomic E-state index is -0.407. The number of nitrogens with one attached hydrogen (secondary N) is 1. The lowest BCUT2D eigenvalue weighted by atomic mass is 9.89. The lowest BCUT2D eigenvalue weighted by Gasteiger charge is -2.24. The number of fused-ring (bicyclic) bond motifs is 1. The van der Waals surface area contributed by atoms with Crippen molar-refractivity contribution < 1.29 is 19.0 Å². The van der Waals surface area contributed by atoms with Crippen LogP contribution < -0.4 is 10.1 Å². The predicted molar refractivity (Wildman–Crippen MR) is 93.3 cm³/mol. The number of hydrogen-bond acceptors (Lipinski definition) is 4. The first kappa shape index (κ1) is 16.1. The number of phenols is 1. The Morgan fingerprint density at radius 1 is 1.31 bits per heavy atom. The molecule has 6 nitrogen and oxygen atoms in total. The minimum absolute atomic E-state index is 0.0219. The molecule has 26 heavy (non-hydrogen) atoms. The standard InChI is InChI=1S/C19H16FN3O3/c1-26-16-8-11(6-7-15(16)24)12-9-17(25)22-19-18(12)21-10-23(19)14-5-3-2-4-13(14)20/h2-8,10,12,24H,9H2,1H3,(H,22,25)/t12-/m0/s1. The topological polar surface area (TPSA) is 76.4 Å². The highest BCUT2D eigenvalue weighted by Crippen LogP contribution is 2.40. The average Bonchev–Trinajstić information content (AvgIpc) is 3.05. The fourth-order valence-electron chi connectivity index (χ4n) is 3.22. The molecule has 1 aliphatic heterocycles. The maximum atomic E-state index is 14.2. The molecule has 132 valence electrons. The Balaban J connectivity index is 1.83. The molecule has 7 heteroatoms. The quantitative estimate of drug-likeness (QED) is 0.758. The third-order valence-electron chi connectivity index (χ3n) is 4.49. The number of imidazole rings is 1. The van der Waals surface area contributed by atoms with Crippen molar-refractivity contribution in [3.05, 3.63) is 65.9 Å². The molecule has 1 atom stereocenters. The van der Waals surface area contributed by atoms with Crippen molar-refractivity contribution in [1.29, 1.82) is 0 Å². The second-order valence-electron chi connectivity index (χ2n) is 6.04. The van der Waals surface area contributed by atoms with Crippen molar-refractivity contribution in [2.75, 3.05) is 12.4 Å². The van der Waals surface area contributed by atoms with E-state index in [4.69, 9.17) is 4.74 Å². The predicted octanol–water partition coefficient (Wildman–Crippen LogP) is 3.20. The normalized spacial score (nSPS) is 16.1. The van der Waals surface area contributed by atoms with Crippen molar-refractivity contribution in [3.8, 4) is 17.2 Å². The Hall–Kier alpha value is -3.35. The van der Waals surface area contributed by atoms with Crippen LogP contribution in [0.3, 0.4) is 0 Å². The van der Waals surface area contributed by atoms with Gasteiger partial charge in [-0.1, -0.05) is 18.2 Å². The van der Waals surface area contributed by atoms with Crippen LogP contribution in [0.15, 0.2) is 48.8 Å². The van der Waals surface area contributed by atoms with Crippen LogP contribution in [0.25, 0.3) is 5.69 Å². The summed E-state index contributed by atoms with van der Waals surface area (Å²) in [5.41, 5.74) is 1.74. The number of para-hydroxylation sites is 1. The molecule has 0 bridgehead atoms. The van der Waals surface area contributed by atoms with Crippen molar-refractivity contribution in [2.24, 2.45) is 0 Å². The number of phenolic OH excluding ortho intramolecular Hbond substituents is 1. The van der Waals surface area contributed by atoms with E-state index in [9.17, 15) is 14.3 Å². The number of nitrogens with zero attached hydrogens (tertiary/aromatic N) is 2. The summed E-state index contributed by atoms with van der Waals surface area (Å²) < 4.78 is 20.9. The lowest BCUT2D eigenvalue weighted by molar-refractivity contribution is -0.116. The van der Waals surface area contributed by atoms with Gasteiger partial charge in [0, 0.05) is 12.3 Å². The summed E-state index contributed by atoms with van der Waals surface area (Å²) in [7, 11) is 1.46. The van der Waals surface area contributed by atoms with Gasteiger partial charge in [0.05, 0.1) is 18.5 Å². The zero-order valence-corrected chi connectivity index (χ0v) is 13.9. The van der Waals surface area contributed by atoms with E-state index in [1.54, 1.807) is 30.3 Å². The summed E-state index contributed by atoms with van der Waals surface area (Å²) in [5.74, 6) is -0.120. The maximum absolute atomic E-state index is 14.2. The molecule has 1 aliphatic rings. The van der Waals surface area contributed by atoms with Crippen LogP contribution in [0.4, 0.5) is 10.2 Å². The SMILES string of the molecule is COc1cc([C@@H]2CC(=O)Nc3c2ncn3-c2ccccc2F)ccc1O. The average molecular weight is 353 g/mol. The number of aromatic nitrogens is 2. The molecule has 0 spiro atoms. The highest BCUT2D eigenvalue weighted by Gasteiger charge is 2.31. The van der Waals surface area contributed by atoms with Crippen LogP contribution in [0, 0.1) is 5.82 Å². The van der Waals surface area contributed by atoms with Crippen LogP contribution in [0.1, 0.15) is 23.6 Å². The number of aromatic hydroxyl groups is 1. The summed E-state index contributed by atoms with van der Waals surface area (Å²) >= 11 is 0. The van der Waals surface area contributed by atoms with E-state index in [1.807, 2.05) is 0 Å². The van der Waals surface area contributed by atoms with Gasteiger partial charge in [0.1, 0.15) is 18.0 Å². The highest BCUT2D eigenvalue weighted by atomic mass is 19.1. The van der Waals surface area contributed by atoms with E-state index in [0.29, 0.717) is 22.9 Å². The van der Waals surface area contributed by atoms with Gasteiger partial charge in [-0.15, -0.1) is 0 Å². The fourth-order valence-corrected chi connectivity index (χ4v) is 3.22. The number of rotatable bonds is 3. The van der Waals surface area contributed by atoms with E-state index < -0.39 is 5.82 Å². The molecule has 0 saturated carbocycles. The van der Waals surface area contributed by atoms with Gasteiger partial charge in [0.25, 0.3) is 0 Å². The van der Waals surface area contributed by atoms with E-state index in [2.05, 4.69) is 10.3 Å². The van der Waals surface area contributed by atoms with Gasteiger partial charge in [0.2, 0.25) is 5.91 Å². The molecule has 2 heterocycles. The molecule has 4 rings (SSSR count). The number of carbonyl (C=O) groups is 1. The van der Waals surface area contributed by atoms with Crippen molar-refractivity contribution >= 4 is 11.7 Å². The third kappa shape index (κ3) is 2.57. The first-order chi connectivity index (χ1) is 12.6. The third-order valence-corrected chi connectivity index (χ3v) is 4.49. The number of halogens is 1. The molecule has 3 aromatic rings. The molecule has 0 radical (unpaired) electrons. The number of amides is 1. The molecule has 0 fully saturated rings. The Morgan fingerprint density at radius 2 is 2.12 bits per heavy atom. The van der Waals surface area contributed by atoms with E-state index in [-0.39, 0.29) is 24.0 Å². The van der Waals surface area contributed by atoms with Crippen molar-refractivity contribution in [1.82, 2.24) is 9.55 Å². The van der Waals surface area contributed by atoms with Crippen molar-refractivity contribution in [2.45, 2.75) is 12.3 Å². The zero-order chi connectivity index (χ0) is 18.3. The molecule has 2 N–H and O–H groups in total. The first-order valence-corrected chi connectivity index (χ1v) is 8.07. The molecule has 1 aromatic heterocycles. The molecular weight excluding hydrogens is 337 g/mol. The second kappa shape index (κ2) is 6.18. The van der Waals surface area contributed by atoms with Gasteiger partial charge in [-0.05, 0) is 29.8 Å². The number of hydrogen-bond donors (Lipinski definition) is 2. The number of anilines is 1. The van der Waals surface area contributed by atoms with E-state index >= 15 is 0 Å². The molecule has 2 aromatic carbocycles. The number of ether oxygens (including phenoxy) is 1. The monoisotopic (exact) mass is 353 g/mol. The Bertz CT molecular complexity index is 999. The first-order valence-electron chi connectivity index (χ1n) is 8.07. The summed E-state index contributed by atoms with van der Waals surface area (Å²) in [6.07, 6.45) is 1.70. The largest absolute Gasteiger partial charge is 0.504 e. The van der Waals surface area contributed by atoms with Gasteiger partial charge in [0.15, 0.2) is 11.5 Å². The maximum Gasteiger partial charge on any atom is 0.226 e. The minimum Gasteiger partial charge on any atom is -0.504 e. The Labute approximate surface area is 148 Å². The molecule has 0 aliphatic carbocycles. The zero-order valence-electron chi connectivity index (χ0n) is 13.9. The molecule has 0 saturated heterocycles. The van der Waals surface area contributed by atoms with Crippen LogP contribution in [0.5, 0.6) is 11.5 Å².